The Bertz CT molecular complexity index is 1160. The highest BCUT2D eigenvalue weighted by atomic mass is 19.3. The van der Waals surface area contributed by atoms with Crippen LogP contribution in [-0.4, -0.2) is 55.6 Å². The molecule has 0 bridgehead atoms. The molecule has 0 saturated carbocycles. The number of alkyl halides is 3. The van der Waals surface area contributed by atoms with E-state index in [4.69, 9.17) is 4.74 Å². The van der Waals surface area contributed by atoms with Crippen LogP contribution in [0.3, 0.4) is 0 Å². The standard InChI is InChI=1S/C31H36F3NO3/c1-2-22(7-4-19-37-31(33)34)28-8-3-6-24-20-25(36)11-14-29(24)30(28)23-9-12-26(13-10-23)38-27-15-18-35(21-27)17-5-16-32/h2,4,7,9-14,20,27,31,36H,3,5-6,8,15-19,21H2,1H3/b7-4-,22-2+/t27-/m0/s1. The van der Waals surface area contributed by atoms with Crippen LogP contribution in [0, 0.1) is 0 Å². The van der Waals surface area contributed by atoms with Crippen LogP contribution < -0.4 is 4.74 Å². The second-order valence-electron chi connectivity index (χ2n) is 9.68. The molecule has 1 fully saturated rings. The van der Waals surface area contributed by atoms with Crippen molar-refractivity contribution in [2.24, 2.45) is 0 Å². The summed E-state index contributed by atoms with van der Waals surface area (Å²) in [5, 5.41) is 10.1. The van der Waals surface area contributed by atoms with Gasteiger partial charge in [0.1, 0.15) is 17.6 Å². The average Bonchev–Trinajstić information content (AvgIpc) is 3.27. The van der Waals surface area contributed by atoms with Crippen LogP contribution in [-0.2, 0) is 11.2 Å². The Hall–Kier alpha value is -3.03. The highest BCUT2D eigenvalue weighted by molar-refractivity contribution is 5.87. The maximum Gasteiger partial charge on any atom is 0.345 e. The van der Waals surface area contributed by atoms with Crippen molar-refractivity contribution in [1.82, 2.24) is 4.90 Å². The van der Waals surface area contributed by atoms with Gasteiger partial charge in [0.25, 0.3) is 0 Å². The maximum atomic E-state index is 12.5. The van der Waals surface area contributed by atoms with Crippen LogP contribution in [0.25, 0.3) is 5.57 Å². The molecular weight excluding hydrogens is 491 g/mol. The summed E-state index contributed by atoms with van der Waals surface area (Å²) in [4.78, 5) is 2.24. The van der Waals surface area contributed by atoms with Gasteiger partial charge in [-0.3, -0.25) is 9.29 Å². The number of phenolic OH excluding ortho intramolecular Hbond substituents is 1. The molecule has 1 aliphatic carbocycles. The third kappa shape index (κ3) is 7.29. The van der Waals surface area contributed by atoms with Gasteiger partial charge in [-0.1, -0.05) is 36.4 Å². The van der Waals surface area contributed by atoms with Gasteiger partial charge < -0.3 is 14.6 Å². The number of fused-ring (bicyclic) bond motifs is 1. The smallest absolute Gasteiger partial charge is 0.345 e. The van der Waals surface area contributed by atoms with Crippen LogP contribution in [0.15, 0.2) is 71.8 Å². The van der Waals surface area contributed by atoms with E-state index in [-0.39, 0.29) is 25.1 Å². The molecule has 38 heavy (non-hydrogen) atoms. The zero-order chi connectivity index (χ0) is 26.9. The van der Waals surface area contributed by atoms with Crippen molar-refractivity contribution < 1.29 is 27.8 Å². The number of benzene rings is 2. The van der Waals surface area contributed by atoms with E-state index >= 15 is 0 Å². The summed E-state index contributed by atoms with van der Waals surface area (Å²) in [6, 6.07) is 13.6. The monoisotopic (exact) mass is 527 g/mol. The lowest BCUT2D eigenvalue weighted by atomic mass is 9.87. The normalized spacial score (nSPS) is 18.9. The first kappa shape index (κ1) is 28.0. The van der Waals surface area contributed by atoms with Gasteiger partial charge in [0.05, 0.1) is 13.3 Å². The van der Waals surface area contributed by atoms with Crippen molar-refractivity contribution in [3.05, 3.63) is 88.5 Å². The molecule has 1 N–H and O–H groups in total. The number of aryl methyl sites for hydroxylation is 1. The minimum Gasteiger partial charge on any atom is -0.508 e. The number of hydrogen-bond donors (Lipinski definition) is 1. The molecule has 0 amide bonds. The summed E-state index contributed by atoms with van der Waals surface area (Å²) in [6.45, 7) is 1.17. The van der Waals surface area contributed by atoms with E-state index < -0.39 is 6.61 Å². The van der Waals surface area contributed by atoms with Crippen molar-refractivity contribution in [2.45, 2.75) is 51.7 Å². The largest absolute Gasteiger partial charge is 0.508 e. The van der Waals surface area contributed by atoms with E-state index in [0.29, 0.717) is 6.42 Å². The molecule has 2 aliphatic rings. The summed E-state index contributed by atoms with van der Waals surface area (Å²) in [7, 11) is 0. The SMILES string of the molecule is C/C=C(\C=C/COC(F)F)C1=C(c2ccc(O[C@H]3CCN(CCCF)C3)cc2)c2ccc(O)cc2CCC1. The zero-order valence-corrected chi connectivity index (χ0v) is 21.8. The fourth-order valence-electron chi connectivity index (χ4n) is 5.34. The van der Waals surface area contributed by atoms with Crippen LogP contribution >= 0.6 is 0 Å². The van der Waals surface area contributed by atoms with Crippen molar-refractivity contribution in [1.29, 1.82) is 0 Å². The molecule has 2 aromatic rings. The predicted octanol–water partition coefficient (Wildman–Crippen LogP) is 7.08. The van der Waals surface area contributed by atoms with Gasteiger partial charge in [0, 0.05) is 19.6 Å². The number of halogens is 3. The second kappa shape index (κ2) is 13.7. The Morgan fingerprint density at radius 2 is 1.97 bits per heavy atom. The molecule has 1 saturated heterocycles. The molecular formula is C31H36F3NO3. The lowest BCUT2D eigenvalue weighted by molar-refractivity contribution is -0.119. The minimum atomic E-state index is -2.80. The number of rotatable bonds is 11. The second-order valence-corrected chi connectivity index (χ2v) is 9.68. The van der Waals surface area contributed by atoms with Crippen molar-refractivity contribution in [2.75, 3.05) is 32.9 Å². The zero-order valence-electron chi connectivity index (χ0n) is 21.8. The average molecular weight is 528 g/mol. The minimum absolute atomic E-state index is 0.0899. The molecule has 7 heteroatoms. The number of allylic oxidation sites excluding steroid dienone is 4. The lowest BCUT2D eigenvalue weighted by Gasteiger charge is -2.19. The lowest BCUT2D eigenvalue weighted by Crippen LogP contribution is -2.26. The Kier molecular flexibility index (Phi) is 10.1. The number of phenols is 1. The van der Waals surface area contributed by atoms with Crippen molar-refractivity contribution >= 4 is 5.57 Å². The van der Waals surface area contributed by atoms with Gasteiger partial charge >= 0.3 is 6.61 Å². The Balaban J connectivity index is 1.62. The Morgan fingerprint density at radius 3 is 2.71 bits per heavy atom. The number of nitrogens with zero attached hydrogens (tertiary/aromatic N) is 1. The molecule has 0 aromatic heterocycles. The van der Waals surface area contributed by atoms with E-state index in [1.165, 1.54) is 0 Å². The third-order valence-electron chi connectivity index (χ3n) is 7.09. The first-order valence-corrected chi connectivity index (χ1v) is 13.3. The van der Waals surface area contributed by atoms with Gasteiger partial charge in [-0.05, 0) is 96.7 Å². The number of likely N-dealkylation sites (tertiary alicyclic amines) is 1. The summed E-state index contributed by atoms with van der Waals surface area (Å²) < 4.78 is 48.0. The Labute approximate surface area is 223 Å². The van der Waals surface area contributed by atoms with Crippen molar-refractivity contribution in [3.8, 4) is 11.5 Å². The van der Waals surface area contributed by atoms with Crippen LogP contribution in [0.2, 0.25) is 0 Å². The van der Waals surface area contributed by atoms with Crippen LogP contribution in [0.4, 0.5) is 13.2 Å². The van der Waals surface area contributed by atoms with Crippen molar-refractivity contribution in [3.63, 3.8) is 0 Å². The molecule has 2 aromatic carbocycles. The number of ether oxygens (including phenoxy) is 2. The predicted molar refractivity (Wildman–Crippen MR) is 144 cm³/mol. The topological polar surface area (TPSA) is 41.9 Å². The van der Waals surface area contributed by atoms with Gasteiger partial charge in [-0.15, -0.1) is 0 Å². The molecule has 4 nitrogen and oxygen atoms in total. The fourth-order valence-corrected chi connectivity index (χ4v) is 5.34. The van der Waals surface area contributed by atoms with Gasteiger partial charge in [-0.25, -0.2) is 0 Å². The quantitative estimate of drug-likeness (QED) is 0.317. The van der Waals surface area contributed by atoms with E-state index in [1.807, 2.05) is 43.3 Å². The molecule has 204 valence electrons. The molecule has 0 radical (unpaired) electrons. The fraction of sp³-hybridized carbons (Fsp3) is 0.419. The van der Waals surface area contributed by atoms with Crippen LogP contribution in [0.1, 0.15) is 49.3 Å². The van der Waals surface area contributed by atoms with Gasteiger partial charge in [0.2, 0.25) is 0 Å². The summed E-state index contributed by atoms with van der Waals surface area (Å²) in [5.74, 6) is 1.03. The highest BCUT2D eigenvalue weighted by Gasteiger charge is 2.24. The summed E-state index contributed by atoms with van der Waals surface area (Å²) >= 11 is 0. The first-order chi connectivity index (χ1) is 18.5. The molecule has 0 spiro atoms. The number of hydrogen-bond acceptors (Lipinski definition) is 4. The van der Waals surface area contributed by atoms with Gasteiger partial charge in [-0.2, -0.15) is 8.78 Å². The first-order valence-electron chi connectivity index (χ1n) is 13.3. The molecule has 0 unspecified atom stereocenters. The van der Waals surface area contributed by atoms with E-state index in [2.05, 4.69) is 21.8 Å². The van der Waals surface area contributed by atoms with Gasteiger partial charge in [0.15, 0.2) is 0 Å². The molecule has 1 heterocycles. The molecule has 1 atom stereocenters. The summed E-state index contributed by atoms with van der Waals surface area (Å²) in [6.07, 6.45) is 9.55. The van der Waals surface area contributed by atoms with Crippen LogP contribution in [0.5, 0.6) is 11.5 Å². The Morgan fingerprint density at radius 1 is 1.16 bits per heavy atom. The maximum absolute atomic E-state index is 12.5. The van der Waals surface area contributed by atoms with E-state index in [1.54, 1.807) is 12.1 Å². The summed E-state index contributed by atoms with van der Waals surface area (Å²) in [5.41, 5.74) is 6.30. The number of aromatic hydroxyl groups is 1. The third-order valence-corrected chi connectivity index (χ3v) is 7.09. The highest BCUT2D eigenvalue weighted by Crippen LogP contribution is 2.40. The molecule has 4 rings (SSSR count). The van der Waals surface area contributed by atoms with E-state index in [0.717, 1.165) is 84.5 Å². The molecule has 1 aliphatic heterocycles. The van der Waals surface area contributed by atoms with E-state index in [9.17, 15) is 18.3 Å².